The summed E-state index contributed by atoms with van der Waals surface area (Å²) in [7, 11) is 0. The van der Waals surface area contributed by atoms with Crippen LogP contribution in [0.3, 0.4) is 0 Å². The van der Waals surface area contributed by atoms with E-state index in [4.69, 9.17) is 0 Å². The second-order valence-electron chi connectivity index (χ2n) is 5.84. The van der Waals surface area contributed by atoms with Crippen LogP contribution in [0.25, 0.3) is 0 Å². The van der Waals surface area contributed by atoms with E-state index in [0.717, 1.165) is 12.1 Å². The first kappa shape index (κ1) is 17.8. The Hall–Kier alpha value is -2.02. The van der Waals surface area contributed by atoms with Crippen LogP contribution in [0.1, 0.15) is 34.6 Å². The summed E-state index contributed by atoms with van der Waals surface area (Å²) < 4.78 is 58.9. The monoisotopic (exact) mass is 370 g/mol. The molecule has 0 aromatic heterocycles. The highest BCUT2D eigenvalue weighted by molar-refractivity contribution is 7.98. The fourth-order valence-electron chi connectivity index (χ4n) is 3.23. The third-order valence-corrected chi connectivity index (χ3v) is 5.15. The van der Waals surface area contributed by atoms with Crippen LogP contribution in [-0.2, 0) is 16.6 Å². The van der Waals surface area contributed by atoms with Gasteiger partial charge in [-0.1, -0.05) is 30.3 Å². The lowest BCUT2D eigenvalue weighted by atomic mass is 9.85. The molecule has 2 nitrogen and oxygen atoms in total. The van der Waals surface area contributed by atoms with Crippen LogP contribution in [0, 0.1) is 0 Å². The minimum Gasteiger partial charge on any atom is -0.481 e. The van der Waals surface area contributed by atoms with Crippen molar-refractivity contribution in [2.75, 3.05) is 6.26 Å². The average Bonchev–Trinajstić information content (AvgIpc) is 2.62. The van der Waals surface area contributed by atoms with Gasteiger partial charge in [-0.15, -0.1) is 11.8 Å². The van der Waals surface area contributed by atoms with Gasteiger partial charge in [0.2, 0.25) is 0 Å². The number of halogens is 4. The topological polar surface area (TPSA) is 37.3 Å². The lowest BCUT2D eigenvalue weighted by Crippen LogP contribution is -2.35. The molecule has 0 heterocycles. The first-order valence-corrected chi connectivity index (χ1v) is 8.68. The molecule has 0 amide bonds. The van der Waals surface area contributed by atoms with Crippen LogP contribution in [0.2, 0.25) is 0 Å². The van der Waals surface area contributed by atoms with Crippen molar-refractivity contribution in [3.63, 3.8) is 0 Å². The van der Waals surface area contributed by atoms with E-state index in [-0.39, 0.29) is 11.1 Å². The van der Waals surface area contributed by atoms with Gasteiger partial charge in [0.05, 0.1) is 6.42 Å². The maximum atomic E-state index is 14.8. The zero-order valence-electron chi connectivity index (χ0n) is 13.1. The molecule has 0 saturated heterocycles. The van der Waals surface area contributed by atoms with Crippen LogP contribution in [0.5, 0.6) is 0 Å². The highest BCUT2D eigenvalue weighted by Crippen LogP contribution is 2.56. The summed E-state index contributed by atoms with van der Waals surface area (Å²) in [5.74, 6) is -11.2. The molecule has 0 bridgehead atoms. The van der Waals surface area contributed by atoms with E-state index in [0.29, 0.717) is 4.90 Å². The molecule has 1 aliphatic carbocycles. The van der Waals surface area contributed by atoms with E-state index in [1.807, 2.05) is 0 Å². The number of alkyl halides is 4. The molecule has 0 aliphatic heterocycles. The summed E-state index contributed by atoms with van der Waals surface area (Å²) in [6.45, 7) is 0. The van der Waals surface area contributed by atoms with Crippen LogP contribution in [-0.4, -0.2) is 17.3 Å². The molecule has 2 aromatic rings. The summed E-state index contributed by atoms with van der Waals surface area (Å²) in [4.78, 5) is 11.9. The minimum atomic E-state index is -4.44. The zero-order chi connectivity index (χ0) is 18.4. The third-order valence-electron chi connectivity index (χ3n) is 4.42. The van der Waals surface area contributed by atoms with Crippen molar-refractivity contribution in [1.29, 1.82) is 0 Å². The molecule has 0 radical (unpaired) electrons. The maximum absolute atomic E-state index is 14.8. The molecule has 132 valence electrons. The van der Waals surface area contributed by atoms with Gasteiger partial charge in [0.1, 0.15) is 0 Å². The fraction of sp³-hybridized carbons (Fsp3) is 0.278. The van der Waals surface area contributed by atoms with Gasteiger partial charge in [0, 0.05) is 21.9 Å². The molecule has 1 unspecified atom stereocenters. The van der Waals surface area contributed by atoms with Crippen molar-refractivity contribution in [3.05, 3.63) is 64.7 Å². The Kier molecular flexibility index (Phi) is 4.31. The van der Waals surface area contributed by atoms with Crippen LogP contribution in [0.4, 0.5) is 17.6 Å². The summed E-state index contributed by atoms with van der Waals surface area (Å²) in [6, 6.07) is 8.67. The van der Waals surface area contributed by atoms with Gasteiger partial charge >= 0.3 is 17.8 Å². The van der Waals surface area contributed by atoms with E-state index in [9.17, 15) is 27.5 Å². The largest absolute Gasteiger partial charge is 0.481 e. The predicted molar refractivity (Wildman–Crippen MR) is 86.5 cm³/mol. The number of carbonyl (C=O) groups is 1. The zero-order valence-corrected chi connectivity index (χ0v) is 13.9. The van der Waals surface area contributed by atoms with Crippen LogP contribution < -0.4 is 0 Å². The Morgan fingerprint density at radius 3 is 2.24 bits per heavy atom. The molecule has 1 aliphatic rings. The molecule has 2 aromatic carbocycles. The predicted octanol–water partition coefficient (Wildman–Crippen LogP) is 5.21. The van der Waals surface area contributed by atoms with E-state index in [1.54, 1.807) is 6.26 Å². The van der Waals surface area contributed by atoms with Crippen molar-refractivity contribution in [3.8, 4) is 0 Å². The first-order valence-electron chi connectivity index (χ1n) is 7.45. The molecular weight excluding hydrogens is 356 g/mol. The highest BCUT2D eigenvalue weighted by Gasteiger charge is 2.62. The van der Waals surface area contributed by atoms with E-state index in [2.05, 4.69) is 0 Å². The second kappa shape index (κ2) is 6.05. The molecule has 0 fully saturated rings. The van der Waals surface area contributed by atoms with Crippen molar-refractivity contribution >= 4 is 17.7 Å². The number of aliphatic carboxylic acids is 1. The van der Waals surface area contributed by atoms with Crippen molar-refractivity contribution in [2.45, 2.75) is 29.1 Å². The number of rotatable bonds is 3. The third kappa shape index (κ3) is 2.70. The summed E-state index contributed by atoms with van der Waals surface area (Å²) >= 11 is 1.27. The quantitative estimate of drug-likeness (QED) is 0.595. The maximum Gasteiger partial charge on any atom is 0.340 e. The Balaban J connectivity index is 2.39. The molecule has 1 N–H and O–H groups in total. The average molecular weight is 370 g/mol. The van der Waals surface area contributed by atoms with Gasteiger partial charge in [-0.25, -0.2) is 0 Å². The van der Waals surface area contributed by atoms with Crippen molar-refractivity contribution in [1.82, 2.24) is 0 Å². The molecule has 1 atom stereocenters. The van der Waals surface area contributed by atoms with Crippen LogP contribution in [0.15, 0.2) is 47.4 Å². The highest BCUT2D eigenvalue weighted by atomic mass is 32.2. The lowest BCUT2D eigenvalue weighted by molar-refractivity contribution is -0.223. The molecule has 25 heavy (non-hydrogen) atoms. The minimum absolute atomic E-state index is 0.0659. The summed E-state index contributed by atoms with van der Waals surface area (Å²) in [6.07, 6.45) is 1.18. The fourth-order valence-corrected chi connectivity index (χ4v) is 3.68. The number of hydrogen-bond donors (Lipinski definition) is 1. The van der Waals surface area contributed by atoms with Gasteiger partial charge < -0.3 is 5.11 Å². The Morgan fingerprint density at radius 1 is 1.04 bits per heavy atom. The Labute approximate surface area is 145 Å². The van der Waals surface area contributed by atoms with E-state index < -0.39 is 41.3 Å². The molecule has 7 heteroatoms. The summed E-state index contributed by atoms with van der Waals surface area (Å²) in [5, 5.41) is 9.22. The first-order chi connectivity index (χ1) is 11.7. The van der Waals surface area contributed by atoms with E-state index >= 15 is 0 Å². The number of hydrogen-bond acceptors (Lipinski definition) is 2. The molecular formula is C18H14F4O2S. The number of fused-ring (bicyclic) bond motifs is 2. The van der Waals surface area contributed by atoms with Gasteiger partial charge in [0.25, 0.3) is 0 Å². The number of thioether (sulfide) groups is 1. The number of carboxylic acids is 1. The van der Waals surface area contributed by atoms with Gasteiger partial charge in [-0.3, -0.25) is 4.79 Å². The standard InChI is InChI=1S/C18H14F4O2S/c1-25-10-6-7-15-13(8-10)12(9-16(23)24)11-4-2-3-5-14(11)17(19,20)18(15,21)22/h2-8,12H,9H2,1H3,(H,23,24). The molecule has 0 saturated carbocycles. The Morgan fingerprint density at radius 2 is 1.64 bits per heavy atom. The number of carboxylic acid groups (broad SMARTS) is 1. The normalized spacial score (nSPS) is 20.3. The number of benzene rings is 2. The SMILES string of the molecule is CSc1ccc2c(c1)C(CC(=O)O)c1ccccc1C(F)(F)C2(F)F. The summed E-state index contributed by atoms with van der Waals surface area (Å²) in [5.41, 5.74) is -1.79. The second-order valence-corrected chi connectivity index (χ2v) is 6.72. The Bertz CT molecular complexity index is 836. The smallest absolute Gasteiger partial charge is 0.340 e. The van der Waals surface area contributed by atoms with E-state index in [1.165, 1.54) is 42.1 Å². The molecule has 3 rings (SSSR count). The van der Waals surface area contributed by atoms with Crippen molar-refractivity contribution in [2.24, 2.45) is 0 Å². The van der Waals surface area contributed by atoms with Gasteiger partial charge in [0.15, 0.2) is 0 Å². The lowest BCUT2D eigenvalue weighted by Gasteiger charge is -2.27. The van der Waals surface area contributed by atoms with Crippen LogP contribution >= 0.6 is 11.8 Å². The van der Waals surface area contributed by atoms with Crippen molar-refractivity contribution < 1.29 is 27.5 Å². The van der Waals surface area contributed by atoms with Gasteiger partial charge in [-0.2, -0.15) is 17.6 Å². The van der Waals surface area contributed by atoms with Gasteiger partial charge in [-0.05, 0) is 29.5 Å². The molecule has 0 spiro atoms.